The second-order valence-corrected chi connectivity index (χ2v) is 3.88. The molecule has 0 spiro atoms. The van der Waals surface area contributed by atoms with E-state index >= 15 is 0 Å². The third-order valence-corrected chi connectivity index (χ3v) is 1.81. The van der Waals surface area contributed by atoms with Crippen molar-refractivity contribution in [3.05, 3.63) is 23.3 Å². The van der Waals surface area contributed by atoms with Gasteiger partial charge in [0.15, 0.2) is 0 Å². The fourth-order valence-electron chi connectivity index (χ4n) is 1.57. The molecule has 0 aliphatic rings. The molecule has 0 fully saturated rings. The Kier molecular flexibility index (Phi) is 5.79. The zero-order valence-corrected chi connectivity index (χ0v) is 9.15. The smallest absolute Gasteiger partial charge is 0.0222 e. The summed E-state index contributed by atoms with van der Waals surface area (Å²) in [5, 5.41) is 0. The maximum Gasteiger partial charge on any atom is -0.0222 e. The highest BCUT2D eigenvalue weighted by atomic mass is 14.0. The van der Waals surface area contributed by atoms with Crippen molar-refractivity contribution >= 4 is 0 Å². The van der Waals surface area contributed by atoms with Gasteiger partial charge in [-0.2, -0.15) is 0 Å². The van der Waals surface area contributed by atoms with Gasteiger partial charge in [-0.15, -0.1) is 0 Å². The molecule has 0 radical (unpaired) electrons. The molecule has 0 rings (SSSR count). The highest BCUT2D eigenvalue weighted by Crippen LogP contribution is 2.14. The highest BCUT2D eigenvalue weighted by molar-refractivity contribution is 5.04. The van der Waals surface area contributed by atoms with E-state index in [9.17, 15) is 0 Å². The van der Waals surface area contributed by atoms with Crippen molar-refractivity contribution in [3.63, 3.8) is 0 Å². The Labute approximate surface area is 77.4 Å². The van der Waals surface area contributed by atoms with E-state index in [1.54, 1.807) is 0 Å². The van der Waals surface area contributed by atoms with Gasteiger partial charge < -0.3 is 0 Å². The molecule has 70 valence electrons. The number of hydrogen-bond acceptors (Lipinski definition) is 0. The molecule has 1 atom stereocenters. The fraction of sp³-hybridized carbons (Fsp3) is 0.667. The lowest BCUT2D eigenvalue weighted by Gasteiger charge is -2.07. The van der Waals surface area contributed by atoms with Crippen LogP contribution in [0.1, 0.15) is 47.5 Å². The quantitative estimate of drug-likeness (QED) is 0.545. The molecule has 0 aliphatic carbocycles. The van der Waals surface area contributed by atoms with Gasteiger partial charge in [-0.1, -0.05) is 37.1 Å². The summed E-state index contributed by atoms with van der Waals surface area (Å²) in [6.07, 6.45) is 7.02. The van der Waals surface area contributed by atoms with Crippen molar-refractivity contribution in [2.75, 3.05) is 0 Å². The summed E-state index contributed by atoms with van der Waals surface area (Å²) in [7, 11) is 0. The molecule has 12 heavy (non-hydrogen) atoms. The summed E-state index contributed by atoms with van der Waals surface area (Å²) in [5.41, 5.74) is 2.94. The monoisotopic (exact) mass is 166 g/mol. The van der Waals surface area contributed by atoms with Crippen molar-refractivity contribution in [1.29, 1.82) is 0 Å². The van der Waals surface area contributed by atoms with Crippen molar-refractivity contribution in [3.8, 4) is 0 Å². The van der Waals surface area contributed by atoms with Crippen LogP contribution in [0.3, 0.4) is 0 Å². The standard InChI is InChI=1S/C12H22/c1-6-7-11(4)9-12(5)8-10(2)3/h7-8,12H,6,9H2,1-5H3. The van der Waals surface area contributed by atoms with E-state index in [4.69, 9.17) is 0 Å². The summed E-state index contributed by atoms with van der Waals surface area (Å²) in [6, 6.07) is 0. The minimum atomic E-state index is 0.692. The predicted octanol–water partition coefficient (Wildman–Crippen LogP) is 4.34. The van der Waals surface area contributed by atoms with Crippen LogP contribution in [-0.4, -0.2) is 0 Å². The van der Waals surface area contributed by atoms with Gasteiger partial charge in [0.25, 0.3) is 0 Å². The first kappa shape index (κ1) is 11.5. The van der Waals surface area contributed by atoms with Gasteiger partial charge in [-0.25, -0.2) is 0 Å². The molecule has 0 aliphatic heterocycles. The van der Waals surface area contributed by atoms with Crippen LogP contribution in [0.15, 0.2) is 23.3 Å². The minimum Gasteiger partial charge on any atom is -0.0859 e. The highest BCUT2D eigenvalue weighted by Gasteiger charge is 1.98. The molecule has 0 heteroatoms. The molecule has 0 heterocycles. The van der Waals surface area contributed by atoms with Crippen LogP contribution in [0.2, 0.25) is 0 Å². The second-order valence-electron chi connectivity index (χ2n) is 3.88. The second kappa shape index (κ2) is 6.05. The van der Waals surface area contributed by atoms with Crippen LogP contribution in [0.4, 0.5) is 0 Å². The van der Waals surface area contributed by atoms with Crippen LogP contribution in [0.5, 0.6) is 0 Å². The van der Waals surface area contributed by atoms with Crippen LogP contribution >= 0.6 is 0 Å². The van der Waals surface area contributed by atoms with Gasteiger partial charge in [0.1, 0.15) is 0 Å². The largest absolute Gasteiger partial charge is 0.0859 e. The van der Waals surface area contributed by atoms with Crippen molar-refractivity contribution < 1.29 is 0 Å². The van der Waals surface area contributed by atoms with Gasteiger partial charge in [0.05, 0.1) is 0 Å². The van der Waals surface area contributed by atoms with Gasteiger partial charge >= 0.3 is 0 Å². The fourth-order valence-corrected chi connectivity index (χ4v) is 1.57. The van der Waals surface area contributed by atoms with Gasteiger partial charge in [-0.05, 0) is 39.5 Å². The lowest BCUT2D eigenvalue weighted by Crippen LogP contribution is -1.91. The SMILES string of the molecule is CCC=C(C)CC(C)C=C(C)C. The molecule has 0 aromatic rings. The van der Waals surface area contributed by atoms with Crippen LogP contribution in [0, 0.1) is 5.92 Å². The van der Waals surface area contributed by atoms with Crippen LogP contribution in [-0.2, 0) is 0 Å². The van der Waals surface area contributed by atoms with Crippen molar-refractivity contribution in [2.45, 2.75) is 47.5 Å². The maximum atomic E-state index is 2.34. The van der Waals surface area contributed by atoms with Gasteiger partial charge in [0, 0.05) is 0 Å². The molecule has 1 unspecified atom stereocenters. The molecule has 0 aromatic heterocycles. The summed E-state index contributed by atoms with van der Waals surface area (Å²) in [4.78, 5) is 0. The summed E-state index contributed by atoms with van der Waals surface area (Å²) >= 11 is 0. The van der Waals surface area contributed by atoms with E-state index in [2.05, 4.69) is 46.8 Å². The molecule has 0 nitrogen and oxygen atoms in total. The third kappa shape index (κ3) is 6.21. The van der Waals surface area contributed by atoms with E-state index in [0.29, 0.717) is 5.92 Å². The van der Waals surface area contributed by atoms with Crippen molar-refractivity contribution in [1.82, 2.24) is 0 Å². The van der Waals surface area contributed by atoms with Gasteiger partial charge in [-0.3, -0.25) is 0 Å². The minimum absolute atomic E-state index is 0.692. The van der Waals surface area contributed by atoms with E-state index in [1.165, 1.54) is 17.6 Å². The molecular formula is C12H22. The first-order chi connectivity index (χ1) is 5.56. The molecule has 0 saturated carbocycles. The van der Waals surface area contributed by atoms with E-state index in [-0.39, 0.29) is 0 Å². The first-order valence-corrected chi connectivity index (χ1v) is 4.87. The summed E-state index contributed by atoms with van der Waals surface area (Å²) in [5.74, 6) is 0.692. The number of hydrogen-bond donors (Lipinski definition) is 0. The summed E-state index contributed by atoms with van der Waals surface area (Å²) < 4.78 is 0. The number of rotatable bonds is 4. The Morgan fingerprint density at radius 2 is 1.83 bits per heavy atom. The molecule has 0 amide bonds. The lowest BCUT2D eigenvalue weighted by molar-refractivity contribution is 0.708. The number of allylic oxidation sites excluding steroid dienone is 4. The van der Waals surface area contributed by atoms with Crippen LogP contribution < -0.4 is 0 Å². The Hall–Kier alpha value is -0.520. The molecule has 0 N–H and O–H groups in total. The molecule has 0 saturated heterocycles. The van der Waals surface area contributed by atoms with E-state index in [0.717, 1.165) is 6.42 Å². The predicted molar refractivity (Wildman–Crippen MR) is 57.3 cm³/mol. The van der Waals surface area contributed by atoms with Gasteiger partial charge in [0.2, 0.25) is 0 Å². The molecular weight excluding hydrogens is 144 g/mol. The average Bonchev–Trinajstić information content (AvgIpc) is 1.84. The molecule has 0 bridgehead atoms. The Morgan fingerprint density at radius 3 is 2.25 bits per heavy atom. The third-order valence-electron chi connectivity index (χ3n) is 1.81. The summed E-state index contributed by atoms with van der Waals surface area (Å²) in [6.45, 7) is 11.0. The Morgan fingerprint density at radius 1 is 1.25 bits per heavy atom. The zero-order chi connectivity index (χ0) is 9.56. The Balaban J connectivity index is 3.92. The lowest BCUT2D eigenvalue weighted by atomic mass is 9.99. The normalized spacial score (nSPS) is 14.2. The van der Waals surface area contributed by atoms with Crippen molar-refractivity contribution in [2.24, 2.45) is 5.92 Å². The zero-order valence-electron chi connectivity index (χ0n) is 9.15. The average molecular weight is 166 g/mol. The van der Waals surface area contributed by atoms with E-state index < -0.39 is 0 Å². The first-order valence-electron chi connectivity index (χ1n) is 4.87. The topological polar surface area (TPSA) is 0 Å². The van der Waals surface area contributed by atoms with Crippen LogP contribution in [0.25, 0.3) is 0 Å². The Bertz CT molecular complexity index is 168. The molecule has 0 aromatic carbocycles. The van der Waals surface area contributed by atoms with E-state index in [1.807, 2.05) is 0 Å². The maximum absolute atomic E-state index is 2.34.